The van der Waals surface area contributed by atoms with Crippen molar-refractivity contribution in [1.82, 2.24) is 39.4 Å². The minimum absolute atomic E-state index is 0.0170. The summed E-state index contributed by atoms with van der Waals surface area (Å²) in [7, 11) is 0. The summed E-state index contributed by atoms with van der Waals surface area (Å²) in [6, 6.07) is 18.2. The van der Waals surface area contributed by atoms with Crippen LogP contribution in [0.3, 0.4) is 0 Å². The fraction of sp³-hybridized carbons (Fsp3) is 0.536. The summed E-state index contributed by atoms with van der Waals surface area (Å²) in [5.41, 5.74) is 5.90. The van der Waals surface area contributed by atoms with Crippen molar-refractivity contribution in [3.05, 3.63) is 97.8 Å². The molecule has 0 bridgehead atoms. The fourth-order valence-corrected chi connectivity index (χ4v) is 13.0. The molecular formula is C56H68BrFN8O6S. The number of aromatic nitrogens is 4. The Hall–Kier alpha value is -5.07. The van der Waals surface area contributed by atoms with Crippen LogP contribution in [0.15, 0.2) is 75.4 Å². The lowest BCUT2D eigenvalue weighted by molar-refractivity contribution is -0.145. The molecule has 73 heavy (non-hydrogen) atoms. The van der Waals surface area contributed by atoms with E-state index < -0.39 is 53.0 Å². The first-order valence-electron chi connectivity index (χ1n) is 26.1. The van der Waals surface area contributed by atoms with Gasteiger partial charge in [-0.2, -0.15) is 4.98 Å². The van der Waals surface area contributed by atoms with Gasteiger partial charge in [0.05, 0.1) is 62.9 Å². The van der Waals surface area contributed by atoms with Gasteiger partial charge in [0, 0.05) is 30.0 Å². The van der Waals surface area contributed by atoms with Crippen molar-refractivity contribution in [1.29, 1.82) is 0 Å². The van der Waals surface area contributed by atoms with E-state index in [9.17, 15) is 28.7 Å². The number of fused-ring (bicyclic) bond motifs is 5. The molecule has 0 radical (unpaired) electrons. The Bertz CT molecular complexity index is 3110. The summed E-state index contributed by atoms with van der Waals surface area (Å²) < 4.78 is 26.7. The number of thiazole rings is 1. The van der Waals surface area contributed by atoms with Gasteiger partial charge in [0.15, 0.2) is 5.67 Å². The maximum absolute atomic E-state index is 14.8. The molecule has 4 aliphatic rings. The number of rotatable bonds is 14. The van der Waals surface area contributed by atoms with Crippen LogP contribution < -0.4 is 16.2 Å². The molecule has 17 heteroatoms. The number of carbonyl (C=O) groups is 3. The van der Waals surface area contributed by atoms with Crippen LogP contribution in [0.4, 0.5) is 4.39 Å². The van der Waals surface area contributed by atoms with Crippen LogP contribution in [-0.2, 0) is 19.1 Å². The van der Waals surface area contributed by atoms with Gasteiger partial charge in [-0.25, -0.2) is 9.37 Å². The molecule has 3 aromatic heterocycles. The molecule has 4 fully saturated rings. The SMILES string of the molecule is Cc1ncsc1-c1ccc([C@H](CO[C@H](C)CN2CCC(c3ccc4c(c3)n(C3C[C@H](C)[C@@H](C)C3)c3nc(=O)c5c(Br)cccc5n43)CC2)NC(=O)[C@@H]2C[C@@H](O)CN2C(=O)[C@@H](NC(=O)C2(F)CC2)C(C)(C)C)cc1. The quantitative estimate of drug-likeness (QED) is 0.0966. The molecule has 7 atom stereocenters. The van der Waals surface area contributed by atoms with Gasteiger partial charge in [0.1, 0.15) is 12.1 Å². The predicted octanol–water partition coefficient (Wildman–Crippen LogP) is 9.04. The van der Waals surface area contributed by atoms with E-state index in [1.807, 2.05) is 54.9 Å². The van der Waals surface area contributed by atoms with Crippen molar-refractivity contribution in [3.63, 3.8) is 0 Å². The Morgan fingerprint density at radius 1 is 0.973 bits per heavy atom. The lowest BCUT2D eigenvalue weighted by Crippen LogP contribution is -2.59. The van der Waals surface area contributed by atoms with Gasteiger partial charge in [0.2, 0.25) is 17.6 Å². The Balaban J connectivity index is 0.832. The summed E-state index contributed by atoms with van der Waals surface area (Å²) >= 11 is 5.19. The molecule has 2 aliphatic carbocycles. The van der Waals surface area contributed by atoms with Crippen molar-refractivity contribution in [2.75, 3.05) is 32.8 Å². The number of piperidine rings is 1. The number of alkyl halides is 1. The van der Waals surface area contributed by atoms with Crippen LogP contribution in [0.25, 0.3) is 38.2 Å². The van der Waals surface area contributed by atoms with Gasteiger partial charge in [-0.3, -0.25) is 23.6 Å². The van der Waals surface area contributed by atoms with Crippen molar-refractivity contribution in [3.8, 4) is 10.4 Å². The highest BCUT2D eigenvalue weighted by atomic mass is 79.9. The number of hydrogen-bond donors (Lipinski definition) is 3. The number of benzene rings is 3. The molecule has 3 N–H and O–H groups in total. The number of hydrogen-bond acceptors (Lipinski definition) is 10. The topological polar surface area (TPSA) is 163 Å². The minimum Gasteiger partial charge on any atom is -0.391 e. The zero-order chi connectivity index (χ0) is 51.7. The van der Waals surface area contributed by atoms with Gasteiger partial charge in [0.25, 0.3) is 11.5 Å². The van der Waals surface area contributed by atoms with E-state index in [1.54, 1.807) is 32.1 Å². The molecule has 5 heterocycles. The van der Waals surface area contributed by atoms with Crippen LogP contribution >= 0.6 is 27.3 Å². The lowest BCUT2D eigenvalue weighted by atomic mass is 9.85. The average molecular weight is 1080 g/mol. The van der Waals surface area contributed by atoms with E-state index in [2.05, 4.69) is 84.4 Å². The molecule has 2 saturated carbocycles. The highest BCUT2D eigenvalue weighted by Gasteiger charge is 2.53. The zero-order valence-corrected chi connectivity index (χ0v) is 45.3. The Labute approximate surface area is 438 Å². The monoisotopic (exact) mass is 1080 g/mol. The Kier molecular flexibility index (Phi) is 14.2. The zero-order valence-electron chi connectivity index (χ0n) is 42.9. The second-order valence-corrected chi connectivity index (χ2v) is 24.4. The van der Waals surface area contributed by atoms with E-state index in [4.69, 9.17) is 9.72 Å². The van der Waals surface area contributed by atoms with Crippen LogP contribution in [-0.4, -0.2) is 114 Å². The van der Waals surface area contributed by atoms with Crippen LogP contribution in [0.5, 0.6) is 0 Å². The van der Waals surface area contributed by atoms with Crippen molar-refractivity contribution < 1.29 is 28.6 Å². The van der Waals surface area contributed by atoms with Crippen molar-refractivity contribution in [2.24, 2.45) is 17.3 Å². The van der Waals surface area contributed by atoms with Crippen molar-refractivity contribution >= 4 is 72.7 Å². The van der Waals surface area contributed by atoms with Gasteiger partial charge >= 0.3 is 0 Å². The highest BCUT2D eigenvalue weighted by molar-refractivity contribution is 9.10. The van der Waals surface area contributed by atoms with E-state index in [0.29, 0.717) is 35.5 Å². The van der Waals surface area contributed by atoms with E-state index >= 15 is 0 Å². The van der Waals surface area contributed by atoms with Crippen LogP contribution in [0.1, 0.15) is 121 Å². The summed E-state index contributed by atoms with van der Waals surface area (Å²) in [6.45, 7) is 16.6. The third kappa shape index (κ3) is 10.2. The molecule has 6 aromatic rings. The van der Waals surface area contributed by atoms with Gasteiger partial charge < -0.3 is 34.8 Å². The number of carbonyl (C=O) groups excluding carboxylic acids is 3. The molecule has 3 aromatic carbocycles. The first-order valence-corrected chi connectivity index (χ1v) is 27.7. The number of ether oxygens (including phenoxy) is 1. The molecular weight excluding hydrogens is 1010 g/mol. The van der Waals surface area contributed by atoms with Crippen molar-refractivity contribution in [2.45, 2.75) is 141 Å². The fourth-order valence-electron chi connectivity index (χ4n) is 11.7. The molecule has 2 aliphatic heterocycles. The standard InChI is InChI=1S/C56H68BrFN8O6S/c1-31-23-39(24-32(31)2)65-45-25-38(15-16-43(45)66-44-10-8-9-41(57)47(44)51(69)62-54(65)66)35-17-21-63(22-18-35)27-33(3)72-29-42(36-11-13-37(14-12-36)48-34(4)59-30-73-48)60-50(68)46-26-40(67)28-64(46)52(70)49(55(5,6)7)61-53(71)56(58)19-20-56/h8-16,25,30-33,35,39-40,42,46,49,67H,17-24,26-29H2,1-7H3,(H,60,68)(H,61,71)/t31-,32-,33+,40+,42-,46-,49+/m0/s1. The summed E-state index contributed by atoms with van der Waals surface area (Å²) in [5, 5.41) is 17.3. The maximum Gasteiger partial charge on any atom is 0.283 e. The number of halogens is 2. The Morgan fingerprint density at radius 2 is 1.68 bits per heavy atom. The van der Waals surface area contributed by atoms with Crippen LogP contribution in [0.2, 0.25) is 0 Å². The number of nitrogens with one attached hydrogen (secondary N) is 2. The molecule has 388 valence electrons. The van der Waals surface area contributed by atoms with Gasteiger partial charge in [-0.1, -0.05) is 71.0 Å². The summed E-state index contributed by atoms with van der Waals surface area (Å²) in [4.78, 5) is 69.2. The largest absolute Gasteiger partial charge is 0.391 e. The number of aryl methyl sites for hydroxylation is 1. The Morgan fingerprint density at radius 3 is 2.34 bits per heavy atom. The lowest BCUT2D eigenvalue weighted by Gasteiger charge is -2.36. The number of nitrogens with zero attached hydrogens (tertiary/aromatic N) is 6. The number of amides is 3. The summed E-state index contributed by atoms with van der Waals surface area (Å²) in [6.07, 6.45) is 3.11. The average Bonchev–Trinajstić information content (AvgIpc) is 3.62. The third-order valence-electron chi connectivity index (χ3n) is 16.3. The molecule has 0 spiro atoms. The minimum atomic E-state index is -1.98. The van der Waals surface area contributed by atoms with Gasteiger partial charge in [-0.05, 0) is 146 Å². The number of aliphatic hydroxyl groups excluding tert-OH is 1. The second kappa shape index (κ2) is 20.2. The van der Waals surface area contributed by atoms with E-state index in [0.717, 1.165) is 81.5 Å². The molecule has 14 nitrogen and oxygen atoms in total. The number of β-amino-alcohol motifs (C(OH)–C–C–N with tert-alkyl or cyclic N) is 1. The first-order chi connectivity index (χ1) is 34.8. The number of likely N-dealkylation sites (tertiary alicyclic amines) is 2. The smallest absolute Gasteiger partial charge is 0.283 e. The molecule has 3 amide bonds. The van der Waals surface area contributed by atoms with E-state index in [1.165, 1.54) is 10.5 Å². The third-order valence-corrected chi connectivity index (χ3v) is 17.9. The maximum atomic E-state index is 14.8. The van der Waals surface area contributed by atoms with E-state index in [-0.39, 0.29) is 50.1 Å². The first kappa shape index (κ1) is 51.4. The molecule has 2 saturated heterocycles. The highest BCUT2D eigenvalue weighted by Crippen LogP contribution is 2.44. The predicted molar refractivity (Wildman–Crippen MR) is 286 cm³/mol. The van der Waals surface area contributed by atoms with Gasteiger partial charge in [-0.15, -0.1) is 11.3 Å². The molecule has 0 unspecified atom stereocenters. The number of imidazole rings is 1. The summed E-state index contributed by atoms with van der Waals surface area (Å²) in [5.74, 6) is 0.396. The molecule has 10 rings (SSSR count). The second-order valence-electron chi connectivity index (χ2n) is 22.7. The normalized spacial score (nSPS) is 23.1. The number of aliphatic hydroxyl groups is 1. The van der Waals surface area contributed by atoms with Crippen LogP contribution in [0, 0.1) is 24.2 Å².